The molecular formula is C46H27NOS2. The van der Waals surface area contributed by atoms with Crippen LogP contribution in [0.4, 0.5) is 17.1 Å². The lowest BCUT2D eigenvalue weighted by molar-refractivity contribution is 0.669. The van der Waals surface area contributed by atoms with Crippen LogP contribution < -0.4 is 4.90 Å². The van der Waals surface area contributed by atoms with Crippen LogP contribution >= 0.6 is 22.7 Å². The van der Waals surface area contributed by atoms with Crippen molar-refractivity contribution in [3.05, 3.63) is 164 Å². The van der Waals surface area contributed by atoms with Gasteiger partial charge in [0.15, 0.2) is 0 Å². The molecule has 0 saturated heterocycles. The molecule has 0 saturated carbocycles. The Morgan fingerprint density at radius 3 is 1.50 bits per heavy atom. The normalized spacial score (nSPS) is 12.0. The van der Waals surface area contributed by atoms with E-state index in [0.29, 0.717) is 0 Å². The molecule has 11 rings (SSSR count). The molecule has 0 amide bonds. The van der Waals surface area contributed by atoms with Gasteiger partial charge in [0.1, 0.15) is 11.2 Å². The molecule has 0 aliphatic rings. The van der Waals surface area contributed by atoms with Crippen LogP contribution in [0.5, 0.6) is 0 Å². The van der Waals surface area contributed by atoms with E-state index in [4.69, 9.17) is 4.42 Å². The smallest absolute Gasteiger partial charge is 0.136 e. The summed E-state index contributed by atoms with van der Waals surface area (Å²) in [7, 11) is 0. The molecule has 50 heavy (non-hydrogen) atoms. The average molecular weight is 674 g/mol. The number of rotatable bonds is 4. The van der Waals surface area contributed by atoms with Crippen molar-refractivity contribution in [1.82, 2.24) is 0 Å². The Kier molecular flexibility index (Phi) is 6.03. The van der Waals surface area contributed by atoms with Crippen LogP contribution in [-0.2, 0) is 0 Å². The van der Waals surface area contributed by atoms with Gasteiger partial charge in [0.2, 0.25) is 0 Å². The third-order valence-electron chi connectivity index (χ3n) is 10.0. The van der Waals surface area contributed by atoms with Crippen molar-refractivity contribution in [3.8, 4) is 11.1 Å². The fourth-order valence-electron chi connectivity index (χ4n) is 7.60. The van der Waals surface area contributed by atoms with Crippen LogP contribution in [-0.4, -0.2) is 0 Å². The Hall–Kier alpha value is -5.94. The maximum absolute atomic E-state index is 6.41. The highest BCUT2D eigenvalue weighted by atomic mass is 32.1. The summed E-state index contributed by atoms with van der Waals surface area (Å²) in [6, 6.07) is 59.6. The summed E-state index contributed by atoms with van der Waals surface area (Å²) >= 11 is 3.72. The molecule has 0 fully saturated rings. The summed E-state index contributed by atoms with van der Waals surface area (Å²) in [6.07, 6.45) is 0. The predicted molar refractivity (Wildman–Crippen MR) is 217 cm³/mol. The van der Waals surface area contributed by atoms with Gasteiger partial charge in [-0.3, -0.25) is 0 Å². The maximum Gasteiger partial charge on any atom is 0.136 e. The number of hydrogen-bond acceptors (Lipinski definition) is 4. The van der Waals surface area contributed by atoms with Crippen molar-refractivity contribution in [2.75, 3.05) is 4.90 Å². The van der Waals surface area contributed by atoms with Gasteiger partial charge in [0.05, 0.1) is 0 Å². The number of thiophene rings is 2. The van der Waals surface area contributed by atoms with Crippen molar-refractivity contribution >= 4 is 113 Å². The van der Waals surface area contributed by atoms with E-state index in [0.717, 1.165) is 50.1 Å². The van der Waals surface area contributed by atoms with Crippen molar-refractivity contribution in [2.24, 2.45) is 0 Å². The third-order valence-corrected chi connectivity index (χ3v) is 12.3. The molecule has 0 bridgehead atoms. The van der Waals surface area contributed by atoms with Gasteiger partial charge in [-0.25, -0.2) is 0 Å². The monoisotopic (exact) mass is 673 g/mol. The summed E-state index contributed by atoms with van der Waals surface area (Å²) in [5, 5.41) is 9.96. The van der Waals surface area contributed by atoms with Gasteiger partial charge in [-0.2, -0.15) is 0 Å². The highest BCUT2D eigenvalue weighted by Crippen LogP contribution is 2.44. The van der Waals surface area contributed by atoms with E-state index in [-0.39, 0.29) is 0 Å². The lowest BCUT2D eigenvalue weighted by Crippen LogP contribution is -2.09. The van der Waals surface area contributed by atoms with Crippen molar-refractivity contribution in [1.29, 1.82) is 0 Å². The molecule has 8 aromatic carbocycles. The van der Waals surface area contributed by atoms with Gasteiger partial charge >= 0.3 is 0 Å². The lowest BCUT2D eigenvalue weighted by Gasteiger charge is -2.26. The van der Waals surface area contributed by atoms with E-state index in [1.54, 1.807) is 0 Å². The summed E-state index contributed by atoms with van der Waals surface area (Å²) < 4.78 is 11.6. The minimum atomic E-state index is 0.909. The first-order valence-corrected chi connectivity index (χ1v) is 18.5. The van der Waals surface area contributed by atoms with E-state index in [1.165, 1.54) is 51.1 Å². The van der Waals surface area contributed by atoms with Gasteiger partial charge in [-0.15, -0.1) is 22.7 Å². The SMILES string of the molecule is c1ccc2cc3c(cc2c1)oc1cc(-c2ccc(N(c4ccc5c(c4)sc4ccccc45)c4ccc5c(c4)sc4ccccc45)cc2)ccc13. The van der Waals surface area contributed by atoms with Gasteiger partial charge in [0.25, 0.3) is 0 Å². The Morgan fingerprint density at radius 2 is 0.840 bits per heavy atom. The summed E-state index contributed by atoms with van der Waals surface area (Å²) in [6.45, 7) is 0. The Morgan fingerprint density at radius 1 is 0.340 bits per heavy atom. The fourth-order valence-corrected chi connectivity index (χ4v) is 9.88. The average Bonchev–Trinajstić information content (AvgIpc) is 3.84. The molecule has 0 aliphatic heterocycles. The molecule has 0 aliphatic carbocycles. The molecule has 234 valence electrons. The largest absolute Gasteiger partial charge is 0.456 e. The highest BCUT2D eigenvalue weighted by molar-refractivity contribution is 7.26. The zero-order valence-electron chi connectivity index (χ0n) is 26.8. The molecule has 0 spiro atoms. The Labute approximate surface area is 295 Å². The number of anilines is 3. The predicted octanol–water partition coefficient (Wildman–Crippen LogP) is 14.6. The number of furan rings is 1. The Bertz CT molecular complexity index is 2990. The topological polar surface area (TPSA) is 16.4 Å². The van der Waals surface area contributed by atoms with Gasteiger partial charge in [-0.1, -0.05) is 91.0 Å². The molecule has 0 unspecified atom stereocenters. The number of hydrogen-bond donors (Lipinski definition) is 0. The first-order chi connectivity index (χ1) is 24.7. The first-order valence-electron chi connectivity index (χ1n) is 16.8. The van der Waals surface area contributed by atoms with Crippen LogP contribution in [0.25, 0.3) is 84.2 Å². The molecule has 4 heteroatoms. The standard InChI is InChI=1S/C46H27NOS2/c1-2-8-30-24-42-40(23-29(30)7-1)35-20-15-31(25-41(35)48-42)28-13-16-32(17-14-28)47(33-18-21-38-36-9-3-5-11-43(36)49-45(38)26-33)34-19-22-39-37-10-4-6-12-44(37)50-46(39)27-34/h1-27H. The second-order valence-electron chi connectivity index (χ2n) is 12.9. The van der Waals surface area contributed by atoms with Gasteiger partial charge in [-0.05, 0) is 94.7 Å². The number of fused-ring (bicyclic) bond motifs is 10. The second-order valence-corrected chi connectivity index (χ2v) is 15.1. The summed E-state index contributed by atoms with van der Waals surface area (Å²) in [5.41, 5.74) is 7.53. The second kappa shape index (κ2) is 10.8. The summed E-state index contributed by atoms with van der Waals surface area (Å²) in [5.74, 6) is 0. The molecule has 0 N–H and O–H groups in total. The van der Waals surface area contributed by atoms with Crippen molar-refractivity contribution in [3.63, 3.8) is 0 Å². The fraction of sp³-hybridized carbons (Fsp3) is 0. The van der Waals surface area contributed by atoms with Gasteiger partial charge in [0, 0.05) is 68.2 Å². The zero-order chi connectivity index (χ0) is 32.8. The summed E-state index contributed by atoms with van der Waals surface area (Å²) in [4.78, 5) is 2.39. The molecule has 3 heterocycles. The van der Waals surface area contributed by atoms with E-state index in [9.17, 15) is 0 Å². The molecule has 11 aromatic rings. The highest BCUT2D eigenvalue weighted by Gasteiger charge is 2.17. The number of benzene rings is 8. The van der Waals surface area contributed by atoms with Crippen molar-refractivity contribution in [2.45, 2.75) is 0 Å². The van der Waals surface area contributed by atoms with Crippen molar-refractivity contribution < 1.29 is 4.42 Å². The minimum Gasteiger partial charge on any atom is -0.456 e. The lowest BCUT2D eigenvalue weighted by atomic mass is 10.0. The third kappa shape index (κ3) is 4.32. The maximum atomic E-state index is 6.41. The first kappa shape index (κ1) is 28.0. The van der Waals surface area contributed by atoms with Gasteiger partial charge < -0.3 is 9.32 Å². The molecule has 0 atom stereocenters. The molecule has 2 nitrogen and oxygen atoms in total. The van der Waals surface area contributed by atoms with Crippen LogP contribution in [0.15, 0.2) is 168 Å². The van der Waals surface area contributed by atoms with E-state index < -0.39 is 0 Å². The minimum absolute atomic E-state index is 0.909. The van der Waals surface area contributed by atoms with Crippen LogP contribution in [0.1, 0.15) is 0 Å². The van der Waals surface area contributed by atoms with Crippen LogP contribution in [0.3, 0.4) is 0 Å². The van der Waals surface area contributed by atoms with E-state index in [1.807, 2.05) is 22.7 Å². The zero-order valence-corrected chi connectivity index (χ0v) is 28.4. The quantitative estimate of drug-likeness (QED) is 0.185. The number of nitrogens with zero attached hydrogens (tertiary/aromatic N) is 1. The molecule has 0 radical (unpaired) electrons. The Balaban J connectivity index is 1.03. The van der Waals surface area contributed by atoms with Crippen LogP contribution in [0.2, 0.25) is 0 Å². The van der Waals surface area contributed by atoms with E-state index >= 15 is 0 Å². The van der Waals surface area contributed by atoms with E-state index in [2.05, 4.69) is 169 Å². The van der Waals surface area contributed by atoms with Crippen LogP contribution in [0, 0.1) is 0 Å². The molecule has 3 aromatic heterocycles. The molecular weight excluding hydrogens is 647 g/mol.